The molecule has 0 unspecified atom stereocenters. The van der Waals surface area contributed by atoms with Crippen molar-refractivity contribution in [1.29, 1.82) is 0 Å². The van der Waals surface area contributed by atoms with Crippen molar-refractivity contribution in [2.45, 2.75) is 44.6 Å². The molecule has 0 atom stereocenters. The number of fused-ring (bicyclic) bond motifs is 3. The summed E-state index contributed by atoms with van der Waals surface area (Å²) in [5, 5.41) is 2.45. The summed E-state index contributed by atoms with van der Waals surface area (Å²) in [5.74, 6) is 0.721. The Morgan fingerprint density at radius 1 is 0.544 bits per heavy atom. The van der Waals surface area contributed by atoms with E-state index >= 15 is 0 Å². The second-order valence-corrected chi connectivity index (χ2v) is 16.2. The third-order valence-electron chi connectivity index (χ3n) is 12.3. The van der Waals surface area contributed by atoms with Crippen LogP contribution in [0.2, 0.25) is 0 Å². The lowest BCUT2D eigenvalue weighted by Crippen LogP contribution is -2.17. The molecule has 2 heteroatoms. The van der Waals surface area contributed by atoms with Gasteiger partial charge in [-0.3, -0.25) is 0 Å². The van der Waals surface area contributed by atoms with Crippen molar-refractivity contribution in [1.82, 2.24) is 0 Å². The Balaban J connectivity index is 0.924. The van der Waals surface area contributed by atoms with Crippen LogP contribution in [0.4, 0.5) is 0 Å². The molecule has 0 fully saturated rings. The van der Waals surface area contributed by atoms with Crippen molar-refractivity contribution in [3.05, 3.63) is 221 Å². The maximum absolute atomic E-state index is 5.28. The van der Waals surface area contributed by atoms with E-state index < -0.39 is 5.54 Å². The molecule has 3 aliphatic carbocycles. The highest BCUT2D eigenvalue weighted by Crippen LogP contribution is 2.51. The van der Waals surface area contributed by atoms with Crippen LogP contribution in [-0.2, 0) is 11.0 Å². The van der Waals surface area contributed by atoms with Gasteiger partial charge in [-0.2, -0.15) is 0 Å². The van der Waals surface area contributed by atoms with Gasteiger partial charge in [0.15, 0.2) is 5.84 Å². The van der Waals surface area contributed by atoms with Crippen molar-refractivity contribution < 1.29 is 0 Å². The summed E-state index contributed by atoms with van der Waals surface area (Å²) >= 11 is 0. The van der Waals surface area contributed by atoms with Crippen molar-refractivity contribution >= 4 is 27.9 Å². The van der Waals surface area contributed by atoms with Gasteiger partial charge in [0.05, 0.1) is 0 Å². The van der Waals surface area contributed by atoms with Crippen LogP contribution in [0, 0.1) is 0 Å². The van der Waals surface area contributed by atoms with Crippen LogP contribution >= 0.6 is 0 Å². The van der Waals surface area contributed by atoms with Gasteiger partial charge in [-0.1, -0.05) is 177 Å². The summed E-state index contributed by atoms with van der Waals surface area (Å²) in [4.78, 5) is 10.4. The zero-order valence-electron chi connectivity index (χ0n) is 32.7. The number of hydrogen-bond donors (Lipinski definition) is 0. The first-order chi connectivity index (χ1) is 27.8. The van der Waals surface area contributed by atoms with Gasteiger partial charge in [0, 0.05) is 16.7 Å². The standard InChI is InChI=1S/C55H44N2/c1-37(38-12-6-4-7-13-38)56-53(57-55(32-33-55)48-14-8-5-9-15-48)43-26-22-40(23-27-43)45-29-25-42-24-28-44(34-47(42)35-45)39-18-20-41(21-19-39)46-30-31-50-49-16-10-11-17-51(49)54(2,3)52(50)36-46/h4-10,12-16,18-36H,11,17H2,1-3H3. The number of hydrogen-bond acceptors (Lipinski definition) is 1. The number of rotatable bonds is 7. The van der Waals surface area contributed by atoms with Gasteiger partial charge in [0.2, 0.25) is 0 Å². The molecule has 0 N–H and O–H groups in total. The van der Waals surface area contributed by atoms with Gasteiger partial charge in [-0.15, -0.1) is 0 Å². The second kappa shape index (κ2) is 13.8. The molecule has 0 heterocycles. The third-order valence-corrected chi connectivity index (χ3v) is 12.3. The van der Waals surface area contributed by atoms with Gasteiger partial charge in [-0.25, -0.2) is 9.98 Å². The minimum absolute atomic E-state index is 0.0739. The van der Waals surface area contributed by atoms with Gasteiger partial charge < -0.3 is 0 Å². The van der Waals surface area contributed by atoms with E-state index in [2.05, 4.69) is 185 Å². The van der Waals surface area contributed by atoms with E-state index in [0.717, 1.165) is 46.6 Å². The summed E-state index contributed by atoms with van der Waals surface area (Å²) < 4.78 is 0. The van der Waals surface area contributed by atoms with Crippen molar-refractivity contribution in [2.24, 2.45) is 9.98 Å². The maximum atomic E-state index is 5.28. The molecule has 0 radical (unpaired) electrons. The number of allylic oxidation sites excluding steroid dienone is 4. The van der Waals surface area contributed by atoms with Crippen LogP contribution in [0.5, 0.6) is 0 Å². The van der Waals surface area contributed by atoms with Crippen LogP contribution in [0.25, 0.3) is 49.7 Å². The number of amidine groups is 1. The van der Waals surface area contributed by atoms with E-state index in [4.69, 9.17) is 9.98 Å². The SMILES string of the molecule is CC(=NC(=NC1(c2ccccc2)C=C1)c1ccc(-c2ccc3ccc(-c4ccc(-c5ccc6c(c5)C(C)(C)C5=C6C=CCC5)cc4)cc3c2)cc1)c1ccccc1. The Kier molecular flexibility index (Phi) is 8.45. The first-order valence-corrected chi connectivity index (χ1v) is 20.1. The fourth-order valence-corrected chi connectivity index (χ4v) is 8.82. The predicted octanol–water partition coefficient (Wildman–Crippen LogP) is 14.0. The van der Waals surface area contributed by atoms with Gasteiger partial charge in [-0.05, 0) is 122 Å². The van der Waals surface area contributed by atoms with Crippen LogP contribution < -0.4 is 0 Å². The maximum Gasteiger partial charge on any atom is 0.156 e. The molecule has 7 aromatic carbocycles. The Morgan fingerprint density at radius 2 is 1.11 bits per heavy atom. The molecular formula is C55H44N2. The highest BCUT2D eigenvalue weighted by atomic mass is 15.0. The van der Waals surface area contributed by atoms with Crippen molar-refractivity contribution in [3.63, 3.8) is 0 Å². The number of nitrogens with zero attached hydrogens (tertiary/aromatic N) is 2. The summed E-state index contributed by atoms with van der Waals surface area (Å²) in [6, 6.07) is 59.2. The molecule has 0 aromatic heterocycles. The van der Waals surface area contributed by atoms with Gasteiger partial charge in [0.25, 0.3) is 0 Å². The van der Waals surface area contributed by atoms with Crippen LogP contribution in [0.1, 0.15) is 61.4 Å². The summed E-state index contributed by atoms with van der Waals surface area (Å²) in [7, 11) is 0. The van der Waals surface area contributed by atoms with E-state index in [-0.39, 0.29) is 5.41 Å². The normalized spacial score (nSPS) is 16.5. The minimum atomic E-state index is -0.458. The van der Waals surface area contributed by atoms with Crippen LogP contribution in [0.3, 0.4) is 0 Å². The number of aliphatic imine (C=N–C) groups is 2. The molecule has 3 aliphatic rings. The van der Waals surface area contributed by atoms with Crippen molar-refractivity contribution in [3.8, 4) is 33.4 Å². The molecule has 0 saturated heterocycles. The van der Waals surface area contributed by atoms with E-state index in [1.54, 1.807) is 5.57 Å². The second-order valence-electron chi connectivity index (χ2n) is 16.2. The first kappa shape index (κ1) is 34.8. The molecule has 10 rings (SSSR count). The van der Waals surface area contributed by atoms with E-state index in [1.807, 2.05) is 24.3 Å². The highest BCUT2D eigenvalue weighted by Gasteiger charge is 2.38. The molecule has 274 valence electrons. The molecule has 0 saturated carbocycles. The third kappa shape index (κ3) is 6.42. The van der Waals surface area contributed by atoms with Gasteiger partial charge in [0.1, 0.15) is 5.54 Å². The Morgan fingerprint density at radius 3 is 1.74 bits per heavy atom. The van der Waals surface area contributed by atoms with Crippen LogP contribution in [0.15, 0.2) is 204 Å². The zero-order chi connectivity index (χ0) is 38.6. The Hall–Kier alpha value is -6.64. The predicted molar refractivity (Wildman–Crippen MR) is 241 cm³/mol. The molecule has 0 amide bonds. The quantitative estimate of drug-likeness (QED) is 0.0886. The minimum Gasteiger partial charge on any atom is -0.246 e. The topological polar surface area (TPSA) is 24.7 Å². The zero-order valence-corrected chi connectivity index (χ0v) is 32.7. The average molecular weight is 733 g/mol. The monoisotopic (exact) mass is 732 g/mol. The number of benzene rings is 7. The summed E-state index contributed by atoms with van der Waals surface area (Å²) in [6.45, 7) is 6.84. The average Bonchev–Trinajstić information content (AvgIpc) is 4.02. The fourth-order valence-electron chi connectivity index (χ4n) is 8.82. The van der Waals surface area contributed by atoms with E-state index in [9.17, 15) is 0 Å². The Labute approximate surface area is 336 Å². The first-order valence-electron chi connectivity index (χ1n) is 20.1. The molecule has 0 aliphatic heterocycles. The molecule has 0 spiro atoms. The largest absolute Gasteiger partial charge is 0.246 e. The van der Waals surface area contributed by atoms with E-state index in [0.29, 0.717) is 0 Å². The lowest BCUT2D eigenvalue weighted by molar-refractivity contribution is 0.607. The van der Waals surface area contributed by atoms with Gasteiger partial charge >= 0.3 is 0 Å². The Bertz CT molecular complexity index is 2820. The molecule has 2 nitrogen and oxygen atoms in total. The lowest BCUT2D eigenvalue weighted by atomic mass is 9.78. The fraction of sp³-hybridized carbons (Fsp3) is 0.127. The smallest absolute Gasteiger partial charge is 0.156 e. The summed E-state index contributed by atoms with van der Waals surface area (Å²) in [5.41, 5.74) is 17.0. The summed E-state index contributed by atoms with van der Waals surface area (Å²) in [6.07, 6.45) is 11.3. The highest BCUT2D eigenvalue weighted by molar-refractivity contribution is 6.12. The molecular weight excluding hydrogens is 689 g/mol. The van der Waals surface area contributed by atoms with E-state index in [1.165, 1.54) is 55.3 Å². The molecule has 7 aromatic rings. The molecule has 0 bridgehead atoms. The van der Waals surface area contributed by atoms with Crippen LogP contribution in [-0.4, -0.2) is 11.5 Å². The molecule has 57 heavy (non-hydrogen) atoms. The lowest BCUT2D eigenvalue weighted by Gasteiger charge is -2.26. The van der Waals surface area contributed by atoms with Crippen molar-refractivity contribution in [2.75, 3.05) is 0 Å².